The van der Waals surface area contributed by atoms with Crippen molar-refractivity contribution in [2.75, 3.05) is 11.9 Å². The number of amides is 1. The Hall–Kier alpha value is -1.79. The van der Waals surface area contributed by atoms with E-state index in [1.165, 1.54) is 11.1 Å². The molecule has 1 aromatic heterocycles. The van der Waals surface area contributed by atoms with Crippen molar-refractivity contribution in [1.29, 1.82) is 0 Å². The van der Waals surface area contributed by atoms with Crippen molar-refractivity contribution in [1.82, 2.24) is 14.9 Å². The highest BCUT2D eigenvalue weighted by Crippen LogP contribution is 2.24. The van der Waals surface area contributed by atoms with Crippen LogP contribution < -0.4 is 10.6 Å². The minimum Gasteiger partial charge on any atom is -0.321 e. The Morgan fingerprint density at radius 3 is 3.16 bits per heavy atom. The van der Waals surface area contributed by atoms with Crippen molar-refractivity contribution in [3.8, 4) is 0 Å². The maximum atomic E-state index is 12.2. The minimum atomic E-state index is -0.133. The molecule has 1 amide bonds. The van der Waals surface area contributed by atoms with Crippen LogP contribution in [0.15, 0.2) is 18.2 Å². The summed E-state index contributed by atoms with van der Waals surface area (Å²) in [7, 11) is 0. The van der Waals surface area contributed by atoms with E-state index in [-0.39, 0.29) is 5.91 Å². The van der Waals surface area contributed by atoms with Crippen LogP contribution in [0, 0.1) is 6.92 Å². The molecular weight excluding hydrogens is 260 g/mol. The number of aromatic nitrogens is 2. The van der Waals surface area contributed by atoms with Gasteiger partial charge in [0.25, 0.3) is 5.91 Å². The summed E-state index contributed by atoms with van der Waals surface area (Å²) < 4.78 is 3.79. The van der Waals surface area contributed by atoms with Crippen LogP contribution in [0.4, 0.5) is 5.69 Å². The van der Waals surface area contributed by atoms with Gasteiger partial charge >= 0.3 is 0 Å². The number of rotatable bonds is 2. The van der Waals surface area contributed by atoms with Crippen LogP contribution in [-0.4, -0.2) is 22.0 Å². The van der Waals surface area contributed by atoms with E-state index in [4.69, 9.17) is 0 Å². The van der Waals surface area contributed by atoms with Crippen LogP contribution in [0.2, 0.25) is 0 Å². The van der Waals surface area contributed by atoms with Crippen LogP contribution in [0.3, 0.4) is 0 Å². The molecule has 0 saturated carbocycles. The largest absolute Gasteiger partial charge is 0.321 e. The topological polar surface area (TPSA) is 66.9 Å². The number of hydrogen-bond acceptors (Lipinski definition) is 5. The first-order valence-corrected chi connectivity index (χ1v) is 6.95. The van der Waals surface area contributed by atoms with Crippen molar-refractivity contribution in [3.05, 3.63) is 39.9 Å². The number of hydrogen-bond donors (Lipinski definition) is 2. The molecule has 1 aromatic carbocycles. The molecule has 1 aliphatic heterocycles. The summed E-state index contributed by atoms with van der Waals surface area (Å²) in [5.41, 5.74) is 4.03. The zero-order chi connectivity index (χ0) is 13.2. The highest BCUT2D eigenvalue weighted by Gasteiger charge is 2.17. The fraction of sp³-hybridized carbons (Fsp3) is 0.308. The summed E-state index contributed by atoms with van der Waals surface area (Å²) >= 11 is 1.13. The maximum Gasteiger partial charge on any atom is 0.269 e. The lowest BCUT2D eigenvalue weighted by molar-refractivity contribution is 0.102. The molecule has 3 rings (SSSR count). The van der Waals surface area contributed by atoms with Crippen molar-refractivity contribution in [3.63, 3.8) is 0 Å². The fourth-order valence-electron chi connectivity index (χ4n) is 2.25. The standard InChI is InChI=1S/C13H14N4OS/c1-8-12(19-17-16-8)13(18)15-11-4-2-3-9-5-6-14-7-10(9)11/h2-4,14H,5-7H2,1H3,(H,15,18). The van der Waals surface area contributed by atoms with Gasteiger partial charge in [-0.3, -0.25) is 4.79 Å². The van der Waals surface area contributed by atoms with Gasteiger partial charge in [0.05, 0.1) is 5.69 Å². The average Bonchev–Trinajstić information content (AvgIpc) is 2.85. The van der Waals surface area contributed by atoms with Crippen molar-refractivity contribution in [2.45, 2.75) is 19.9 Å². The number of carbonyl (C=O) groups excluding carboxylic acids is 1. The minimum absolute atomic E-state index is 0.133. The summed E-state index contributed by atoms with van der Waals surface area (Å²) in [4.78, 5) is 12.8. The van der Waals surface area contributed by atoms with Crippen molar-refractivity contribution >= 4 is 23.1 Å². The third kappa shape index (κ3) is 2.36. The summed E-state index contributed by atoms with van der Waals surface area (Å²) in [6.07, 6.45) is 1.00. The first-order chi connectivity index (χ1) is 9.25. The molecule has 2 aromatic rings. The van der Waals surface area contributed by atoms with Gasteiger partial charge in [-0.15, -0.1) is 5.10 Å². The van der Waals surface area contributed by atoms with E-state index in [0.717, 1.165) is 36.7 Å². The molecular formula is C13H14N4OS. The molecule has 1 aliphatic rings. The smallest absolute Gasteiger partial charge is 0.269 e. The Morgan fingerprint density at radius 1 is 1.47 bits per heavy atom. The summed E-state index contributed by atoms with van der Waals surface area (Å²) in [5, 5.41) is 10.2. The van der Waals surface area contributed by atoms with Gasteiger partial charge in [0, 0.05) is 12.2 Å². The molecule has 0 aliphatic carbocycles. The average molecular weight is 274 g/mol. The second kappa shape index (κ2) is 5.07. The molecule has 0 spiro atoms. The Bertz CT molecular complexity index is 623. The Morgan fingerprint density at radius 2 is 2.37 bits per heavy atom. The number of nitrogens with zero attached hydrogens (tertiary/aromatic N) is 2. The molecule has 0 radical (unpaired) electrons. The van der Waals surface area contributed by atoms with Gasteiger partial charge in [0.1, 0.15) is 4.88 Å². The van der Waals surface area contributed by atoms with Crippen LogP contribution >= 0.6 is 11.5 Å². The number of carbonyl (C=O) groups is 1. The molecule has 0 bridgehead atoms. The molecule has 6 heteroatoms. The first kappa shape index (κ1) is 12.3. The van der Waals surface area contributed by atoms with E-state index in [2.05, 4.69) is 26.3 Å². The molecule has 0 saturated heterocycles. The van der Waals surface area contributed by atoms with Crippen LogP contribution in [0.1, 0.15) is 26.5 Å². The lowest BCUT2D eigenvalue weighted by atomic mass is 9.99. The Kier molecular flexibility index (Phi) is 3.27. The van der Waals surface area contributed by atoms with E-state index < -0.39 is 0 Å². The maximum absolute atomic E-state index is 12.2. The van der Waals surface area contributed by atoms with E-state index >= 15 is 0 Å². The Balaban J connectivity index is 1.88. The first-order valence-electron chi connectivity index (χ1n) is 6.17. The SMILES string of the molecule is Cc1nnsc1C(=O)Nc1cccc2c1CNCC2. The van der Waals surface area contributed by atoms with Gasteiger partial charge < -0.3 is 10.6 Å². The number of fused-ring (bicyclic) bond motifs is 1. The third-order valence-electron chi connectivity index (χ3n) is 3.25. The number of benzene rings is 1. The molecule has 2 heterocycles. The number of anilines is 1. The molecule has 0 unspecified atom stereocenters. The zero-order valence-electron chi connectivity index (χ0n) is 10.6. The number of aryl methyl sites for hydroxylation is 1. The molecule has 5 nitrogen and oxygen atoms in total. The predicted octanol–water partition coefficient (Wildman–Crippen LogP) is 1.74. The van der Waals surface area contributed by atoms with Gasteiger partial charge in [-0.1, -0.05) is 16.6 Å². The van der Waals surface area contributed by atoms with Gasteiger partial charge in [-0.2, -0.15) is 0 Å². The molecule has 0 atom stereocenters. The summed E-state index contributed by atoms with van der Waals surface area (Å²) in [5.74, 6) is -0.133. The van der Waals surface area contributed by atoms with Crippen molar-refractivity contribution in [2.24, 2.45) is 0 Å². The Labute approximate surface area is 115 Å². The second-order valence-corrected chi connectivity index (χ2v) is 5.27. The van der Waals surface area contributed by atoms with E-state index in [0.29, 0.717) is 10.6 Å². The normalized spacial score (nSPS) is 13.9. The van der Waals surface area contributed by atoms with Gasteiger partial charge in [-0.05, 0) is 48.6 Å². The molecule has 98 valence electrons. The highest BCUT2D eigenvalue weighted by atomic mass is 32.1. The second-order valence-electron chi connectivity index (χ2n) is 4.51. The van der Waals surface area contributed by atoms with E-state index in [1.54, 1.807) is 6.92 Å². The highest BCUT2D eigenvalue weighted by molar-refractivity contribution is 7.08. The lowest BCUT2D eigenvalue weighted by Gasteiger charge is -2.20. The fourth-order valence-corrected chi connectivity index (χ4v) is 2.80. The quantitative estimate of drug-likeness (QED) is 0.875. The van der Waals surface area contributed by atoms with Crippen LogP contribution in [-0.2, 0) is 13.0 Å². The van der Waals surface area contributed by atoms with Gasteiger partial charge in [0.15, 0.2) is 0 Å². The summed E-state index contributed by atoms with van der Waals surface area (Å²) in [6, 6.07) is 6.04. The third-order valence-corrected chi connectivity index (χ3v) is 4.08. The van der Waals surface area contributed by atoms with Gasteiger partial charge in [0.2, 0.25) is 0 Å². The summed E-state index contributed by atoms with van der Waals surface area (Å²) in [6.45, 7) is 3.58. The van der Waals surface area contributed by atoms with Crippen LogP contribution in [0.25, 0.3) is 0 Å². The van der Waals surface area contributed by atoms with E-state index in [1.807, 2.05) is 12.1 Å². The van der Waals surface area contributed by atoms with E-state index in [9.17, 15) is 4.79 Å². The molecule has 19 heavy (non-hydrogen) atoms. The zero-order valence-corrected chi connectivity index (χ0v) is 11.4. The number of nitrogens with one attached hydrogen (secondary N) is 2. The predicted molar refractivity (Wildman–Crippen MR) is 74.5 cm³/mol. The van der Waals surface area contributed by atoms with Crippen molar-refractivity contribution < 1.29 is 4.79 Å². The molecule has 2 N–H and O–H groups in total. The molecule has 0 fully saturated rings. The monoisotopic (exact) mass is 274 g/mol. The van der Waals surface area contributed by atoms with Gasteiger partial charge in [-0.25, -0.2) is 0 Å². The van der Waals surface area contributed by atoms with Crippen LogP contribution in [0.5, 0.6) is 0 Å². The lowest BCUT2D eigenvalue weighted by Crippen LogP contribution is -2.25.